The average molecular weight is 423 g/mol. The summed E-state index contributed by atoms with van der Waals surface area (Å²) in [6.45, 7) is 10.2. The van der Waals surface area contributed by atoms with Crippen LogP contribution in [-0.4, -0.2) is 23.1 Å². The van der Waals surface area contributed by atoms with Gasteiger partial charge in [-0.2, -0.15) is 0 Å². The summed E-state index contributed by atoms with van der Waals surface area (Å²) >= 11 is 0. The van der Waals surface area contributed by atoms with Gasteiger partial charge in [0.25, 0.3) is 0 Å². The minimum Gasteiger partial charge on any atom is -0.300 e. The van der Waals surface area contributed by atoms with Crippen molar-refractivity contribution >= 4 is 23.1 Å². The quantitative estimate of drug-likeness (QED) is 0.500. The minimum atomic E-state index is 0.273. The standard InChI is InChI=1S/C9H16O.C6H10O.C6H12O.C5H8O/c1-7-4-8(10)6-9(2,3)5-7;7-6-4-2-1-3-5-6;1-3-4-5-6(2)7;6-5-3-1-2-4-5/h7H,4-6H2,1-3H3;1-5H2;3-5H2,1-2H3;1-4H2. The van der Waals surface area contributed by atoms with E-state index in [0.29, 0.717) is 29.1 Å². The van der Waals surface area contributed by atoms with Crippen LogP contribution in [0.4, 0.5) is 0 Å². The lowest BCUT2D eigenvalue weighted by Crippen LogP contribution is -2.27. The molecule has 0 bridgehead atoms. The van der Waals surface area contributed by atoms with Crippen molar-refractivity contribution in [3.8, 4) is 0 Å². The third kappa shape index (κ3) is 17.5. The number of unbranched alkanes of at least 4 members (excludes halogenated alkanes) is 1. The Morgan fingerprint density at radius 2 is 1.33 bits per heavy atom. The number of ketones is 4. The zero-order valence-corrected chi connectivity index (χ0v) is 20.3. The van der Waals surface area contributed by atoms with Crippen molar-refractivity contribution in [2.45, 2.75) is 131 Å². The van der Waals surface area contributed by atoms with Crippen molar-refractivity contribution in [3.63, 3.8) is 0 Å². The first-order valence-electron chi connectivity index (χ1n) is 12.1. The lowest BCUT2D eigenvalue weighted by Gasteiger charge is -2.32. The molecule has 0 heterocycles. The van der Waals surface area contributed by atoms with Crippen molar-refractivity contribution < 1.29 is 19.2 Å². The first kappa shape index (κ1) is 28.7. The van der Waals surface area contributed by atoms with Crippen molar-refractivity contribution in [2.24, 2.45) is 11.3 Å². The van der Waals surface area contributed by atoms with Crippen LogP contribution in [0.2, 0.25) is 0 Å². The molecule has 30 heavy (non-hydrogen) atoms. The third-order valence-electron chi connectivity index (χ3n) is 5.61. The Hall–Kier alpha value is -1.32. The number of rotatable bonds is 3. The Balaban J connectivity index is 0.000000381. The molecule has 0 aromatic heterocycles. The van der Waals surface area contributed by atoms with Crippen LogP contribution in [0.1, 0.15) is 131 Å². The van der Waals surface area contributed by atoms with E-state index in [1.807, 2.05) is 0 Å². The molecule has 0 spiro atoms. The van der Waals surface area contributed by atoms with Gasteiger partial charge in [0.2, 0.25) is 0 Å². The number of carbonyl (C=O) groups excluding carboxylic acids is 4. The van der Waals surface area contributed by atoms with E-state index in [4.69, 9.17) is 0 Å². The Kier molecular flexibility index (Phi) is 15.7. The minimum absolute atomic E-state index is 0.273. The molecule has 1 atom stereocenters. The zero-order chi connectivity index (χ0) is 23.0. The summed E-state index contributed by atoms with van der Waals surface area (Å²) in [7, 11) is 0. The molecule has 3 fully saturated rings. The average Bonchev–Trinajstić information content (AvgIpc) is 3.11. The van der Waals surface area contributed by atoms with Gasteiger partial charge in [-0.1, -0.05) is 40.5 Å². The van der Waals surface area contributed by atoms with Crippen LogP contribution < -0.4 is 0 Å². The zero-order valence-electron chi connectivity index (χ0n) is 20.3. The third-order valence-corrected chi connectivity index (χ3v) is 5.61. The number of Topliss-reactive ketones (excluding diaryl/α,β-unsaturated/α-hetero) is 4. The number of carbonyl (C=O) groups is 4. The van der Waals surface area contributed by atoms with E-state index >= 15 is 0 Å². The molecule has 0 radical (unpaired) electrons. The van der Waals surface area contributed by atoms with Crippen molar-refractivity contribution in [3.05, 3.63) is 0 Å². The molecule has 4 nitrogen and oxygen atoms in total. The summed E-state index contributed by atoms with van der Waals surface area (Å²) in [6.07, 6.45) is 15.0. The van der Waals surface area contributed by atoms with E-state index in [1.165, 1.54) is 12.8 Å². The highest BCUT2D eigenvalue weighted by atomic mass is 16.1. The van der Waals surface area contributed by atoms with Gasteiger partial charge in [-0.15, -0.1) is 0 Å². The molecule has 0 amide bonds. The molecule has 3 rings (SSSR count). The molecular formula is C26H46O4. The maximum absolute atomic E-state index is 11.1. The van der Waals surface area contributed by atoms with Crippen LogP contribution in [0.25, 0.3) is 0 Å². The van der Waals surface area contributed by atoms with E-state index in [1.54, 1.807) is 6.92 Å². The maximum atomic E-state index is 11.1. The van der Waals surface area contributed by atoms with Gasteiger partial charge in [0, 0.05) is 44.9 Å². The van der Waals surface area contributed by atoms with Crippen molar-refractivity contribution in [1.82, 2.24) is 0 Å². The summed E-state index contributed by atoms with van der Waals surface area (Å²) in [6, 6.07) is 0. The molecule has 0 aromatic carbocycles. The molecular weight excluding hydrogens is 376 g/mol. The molecule has 3 saturated carbocycles. The summed E-state index contributed by atoms with van der Waals surface area (Å²) in [4.78, 5) is 42.0. The summed E-state index contributed by atoms with van der Waals surface area (Å²) < 4.78 is 0. The monoisotopic (exact) mass is 422 g/mol. The second-order valence-corrected chi connectivity index (χ2v) is 10.0. The summed E-state index contributed by atoms with van der Waals surface area (Å²) in [5.74, 6) is 2.28. The van der Waals surface area contributed by atoms with E-state index < -0.39 is 0 Å². The van der Waals surface area contributed by atoms with Gasteiger partial charge in [0.15, 0.2) is 0 Å². The molecule has 3 aliphatic carbocycles. The highest BCUT2D eigenvalue weighted by Crippen LogP contribution is 2.36. The van der Waals surface area contributed by atoms with Crippen molar-refractivity contribution in [1.29, 1.82) is 0 Å². The van der Waals surface area contributed by atoms with Crippen LogP contribution in [0.15, 0.2) is 0 Å². The summed E-state index contributed by atoms with van der Waals surface area (Å²) in [5, 5.41) is 0. The van der Waals surface area contributed by atoms with Crippen molar-refractivity contribution in [2.75, 3.05) is 0 Å². The Morgan fingerprint density at radius 1 is 0.867 bits per heavy atom. The van der Waals surface area contributed by atoms with E-state index in [-0.39, 0.29) is 5.41 Å². The predicted molar refractivity (Wildman–Crippen MR) is 124 cm³/mol. The van der Waals surface area contributed by atoms with Gasteiger partial charge in [0.1, 0.15) is 23.1 Å². The van der Waals surface area contributed by atoms with Gasteiger partial charge in [-0.25, -0.2) is 0 Å². The fourth-order valence-electron chi connectivity index (χ4n) is 4.22. The highest BCUT2D eigenvalue weighted by Gasteiger charge is 2.30. The second kappa shape index (κ2) is 16.4. The topological polar surface area (TPSA) is 68.3 Å². The van der Waals surface area contributed by atoms with Gasteiger partial charge >= 0.3 is 0 Å². The van der Waals surface area contributed by atoms with Gasteiger partial charge in [-0.3, -0.25) is 14.4 Å². The van der Waals surface area contributed by atoms with Gasteiger partial charge < -0.3 is 4.79 Å². The lowest BCUT2D eigenvalue weighted by molar-refractivity contribution is -0.124. The summed E-state index contributed by atoms with van der Waals surface area (Å²) in [5.41, 5.74) is 0.273. The molecule has 0 aliphatic heterocycles. The van der Waals surface area contributed by atoms with E-state index in [9.17, 15) is 19.2 Å². The van der Waals surface area contributed by atoms with Crippen LogP contribution >= 0.6 is 0 Å². The van der Waals surface area contributed by atoms with Crippen LogP contribution in [0.5, 0.6) is 0 Å². The molecule has 3 aliphatic rings. The highest BCUT2D eigenvalue weighted by molar-refractivity contribution is 5.80. The van der Waals surface area contributed by atoms with E-state index in [2.05, 4.69) is 27.7 Å². The normalized spacial score (nSPS) is 22.6. The number of hydrogen-bond acceptors (Lipinski definition) is 4. The Morgan fingerprint density at radius 3 is 1.60 bits per heavy atom. The predicted octanol–water partition coefficient (Wildman–Crippen LogP) is 6.82. The molecule has 174 valence electrons. The van der Waals surface area contributed by atoms with Crippen LogP contribution in [0, 0.1) is 11.3 Å². The lowest BCUT2D eigenvalue weighted by atomic mass is 9.72. The second-order valence-electron chi connectivity index (χ2n) is 10.0. The SMILES string of the molecule is CC1CC(=O)CC(C)(C)C1.CCCCC(C)=O.O=C1CCCC1.O=C1CCCCC1. The fourth-order valence-corrected chi connectivity index (χ4v) is 4.22. The first-order chi connectivity index (χ1) is 14.1. The molecule has 0 saturated heterocycles. The van der Waals surface area contributed by atoms with Gasteiger partial charge in [0.05, 0.1) is 0 Å². The smallest absolute Gasteiger partial charge is 0.133 e. The van der Waals surface area contributed by atoms with E-state index in [0.717, 1.165) is 83.5 Å². The fraction of sp³-hybridized carbons (Fsp3) is 0.846. The Labute approximate surface area is 185 Å². The Bertz CT molecular complexity index is 517. The van der Waals surface area contributed by atoms with Gasteiger partial charge in [-0.05, 0) is 56.8 Å². The number of hydrogen-bond donors (Lipinski definition) is 0. The maximum Gasteiger partial charge on any atom is 0.133 e. The molecule has 1 unspecified atom stereocenters. The molecule has 0 aromatic rings. The largest absolute Gasteiger partial charge is 0.300 e. The van der Waals surface area contributed by atoms with Crippen LogP contribution in [0.3, 0.4) is 0 Å². The molecule has 4 heteroatoms. The molecule has 0 N–H and O–H groups in total. The van der Waals surface area contributed by atoms with Crippen LogP contribution in [-0.2, 0) is 19.2 Å². The first-order valence-corrected chi connectivity index (χ1v) is 12.1.